The lowest BCUT2D eigenvalue weighted by molar-refractivity contribution is -0.228. The van der Waals surface area contributed by atoms with Crippen molar-refractivity contribution in [1.29, 1.82) is 0 Å². The molecule has 2 aliphatic rings. The molecule has 1 saturated carbocycles. The van der Waals surface area contributed by atoms with E-state index in [2.05, 4.69) is 0 Å². The third kappa shape index (κ3) is 5.74. The fourth-order valence-electron chi connectivity index (χ4n) is 4.15. The number of esters is 3. The van der Waals surface area contributed by atoms with Crippen LogP contribution >= 0.6 is 11.6 Å². The molecule has 2 N–H and O–H groups in total. The fraction of sp³-hybridized carbons (Fsp3) is 0.773. The third-order valence-corrected chi connectivity index (χ3v) is 6.02. The molecule has 0 unspecified atom stereocenters. The summed E-state index contributed by atoms with van der Waals surface area (Å²) in [6.07, 6.45) is -1.37. The molecular weight excluding hydrogens is 444 g/mol. The van der Waals surface area contributed by atoms with Crippen LogP contribution in [0.2, 0.25) is 0 Å². The minimum atomic E-state index is -1.97. The van der Waals surface area contributed by atoms with Crippen molar-refractivity contribution in [3.63, 3.8) is 0 Å². The number of halogens is 1. The number of hydrogen-bond donors (Lipinski definition) is 2. The first kappa shape index (κ1) is 26.4. The topological polar surface area (TPSA) is 129 Å². The molecule has 1 aliphatic carbocycles. The van der Waals surface area contributed by atoms with Gasteiger partial charge in [-0.25, -0.2) is 0 Å². The molecule has 2 rings (SSSR count). The molecule has 182 valence electrons. The van der Waals surface area contributed by atoms with E-state index in [9.17, 15) is 24.6 Å². The van der Waals surface area contributed by atoms with E-state index in [0.29, 0.717) is 0 Å². The van der Waals surface area contributed by atoms with Gasteiger partial charge >= 0.3 is 17.9 Å². The van der Waals surface area contributed by atoms with Gasteiger partial charge in [0.1, 0.15) is 23.9 Å². The number of fused-ring (bicyclic) bond motifs is 1. The summed E-state index contributed by atoms with van der Waals surface area (Å²) in [6.45, 7) is 8.27. The van der Waals surface area contributed by atoms with E-state index in [-0.39, 0.29) is 43.3 Å². The lowest BCUT2D eigenvalue weighted by atomic mass is 9.77. The first-order valence-corrected chi connectivity index (χ1v) is 11.2. The number of ether oxygens (including phenoxy) is 4. The van der Waals surface area contributed by atoms with Crippen molar-refractivity contribution in [3.8, 4) is 0 Å². The second kappa shape index (κ2) is 10.4. The third-order valence-electron chi connectivity index (χ3n) is 5.59. The van der Waals surface area contributed by atoms with E-state index in [1.165, 1.54) is 6.92 Å². The van der Waals surface area contributed by atoms with E-state index in [1.807, 2.05) is 27.7 Å². The van der Waals surface area contributed by atoms with Crippen LogP contribution in [0.3, 0.4) is 0 Å². The Morgan fingerprint density at radius 3 is 2.25 bits per heavy atom. The van der Waals surface area contributed by atoms with E-state index < -0.39 is 53.3 Å². The highest BCUT2D eigenvalue weighted by Crippen LogP contribution is 2.53. The van der Waals surface area contributed by atoms with Gasteiger partial charge in [0.15, 0.2) is 0 Å². The Labute approximate surface area is 193 Å². The molecule has 1 fully saturated rings. The van der Waals surface area contributed by atoms with Crippen molar-refractivity contribution >= 4 is 29.5 Å². The summed E-state index contributed by atoms with van der Waals surface area (Å²) < 4.78 is 21.5. The number of carbonyl (C=O) groups is 3. The van der Waals surface area contributed by atoms with Crippen molar-refractivity contribution in [1.82, 2.24) is 0 Å². The highest BCUT2D eigenvalue weighted by atomic mass is 35.5. The molecular formula is C22H33ClO9. The SMILES string of the molecule is CC(=O)O[C@H]1C[C@]2(O)C(COC(=O)CC(C)C)=CO[C@@H](OC(=O)CC(C)C)[C@@H]2[C@@]1(O)CCl. The van der Waals surface area contributed by atoms with Crippen LogP contribution in [0.1, 0.15) is 53.9 Å². The number of rotatable bonds is 9. The predicted molar refractivity (Wildman–Crippen MR) is 113 cm³/mol. The summed E-state index contributed by atoms with van der Waals surface area (Å²) >= 11 is 6.07. The van der Waals surface area contributed by atoms with Gasteiger partial charge in [-0.15, -0.1) is 11.6 Å². The zero-order valence-electron chi connectivity index (χ0n) is 19.1. The summed E-state index contributed by atoms with van der Waals surface area (Å²) in [6, 6.07) is 0. The van der Waals surface area contributed by atoms with Crippen LogP contribution in [-0.4, -0.2) is 64.2 Å². The van der Waals surface area contributed by atoms with Crippen molar-refractivity contribution in [2.24, 2.45) is 17.8 Å². The summed E-state index contributed by atoms with van der Waals surface area (Å²) in [4.78, 5) is 36.0. The second-order valence-corrected chi connectivity index (χ2v) is 9.59. The largest absolute Gasteiger partial charge is 0.462 e. The molecule has 0 bridgehead atoms. The Hall–Kier alpha value is -1.84. The van der Waals surface area contributed by atoms with Gasteiger partial charge in [0.05, 0.1) is 18.1 Å². The summed E-state index contributed by atoms with van der Waals surface area (Å²) in [5, 5.41) is 23.0. The van der Waals surface area contributed by atoms with E-state index in [1.54, 1.807) is 0 Å². The van der Waals surface area contributed by atoms with Crippen LogP contribution in [0.15, 0.2) is 11.8 Å². The molecule has 0 aromatic heterocycles. The standard InChI is InChI=1S/C22H33ClO9/c1-12(2)6-17(25)29-9-15-10-30-20(32-18(26)7-13(3)4)19-21(15,27)8-16(31-14(5)24)22(19,28)11-23/h10,12-13,16,19-20,27-28H,6-9,11H2,1-5H3/t16-,19-,20-,21-,22+/m0/s1. The minimum Gasteiger partial charge on any atom is -0.462 e. The quantitative estimate of drug-likeness (QED) is 0.292. The molecule has 0 amide bonds. The van der Waals surface area contributed by atoms with Crippen molar-refractivity contribution in [2.75, 3.05) is 12.5 Å². The number of carbonyl (C=O) groups excluding carboxylic acids is 3. The zero-order chi connectivity index (χ0) is 24.3. The Morgan fingerprint density at radius 2 is 1.72 bits per heavy atom. The normalized spacial score (nSPS) is 31.6. The molecule has 0 spiro atoms. The molecule has 32 heavy (non-hydrogen) atoms. The highest BCUT2D eigenvalue weighted by molar-refractivity contribution is 6.18. The Morgan fingerprint density at radius 1 is 1.12 bits per heavy atom. The van der Waals surface area contributed by atoms with Gasteiger partial charge in [-0.3, -0.25) is 14.4 Å². The molecule has 0 saturated heterocycles. The molecule has 1 heterocycles. The van der Waals surface area contributed by atoms with Crippen LogP contribution in [0.25, 0.3) is 0 Å². The number of alkyl halides is 1. The fourth-order valence-corrected chi connectivity index (χ4v) is 4.49. The van der Waals surface area contributed by atoms with Crippen LogP contribution in [-0.2, 0) is 33.3 Å². The summed E-state index contributed by atoms with van der Waals surface area (Å²) in [5.41, 5.74) is -3.68. The number of hydrogen-bond acceptors (Lipinski definition) is 9. The summed E-state index contributed by atoms with van der Waals surface area (Å²) in [5.74, 6) is -3.34. The molecule has 0 aromatic carbocycles. The molecule has 9 nitrogen and oxygen atoms in total. The van der Waals surface area contributed by atoms with Gasteiger partial charge < -0.3 is 29.2 Å². The molecule has 0 radical (unpaired) electrons. The van der Waals surface area contributed by atoms with Crippen LogP contribution in [0.4, 0.5) is 0 Å². The van der Waals surface area contributed by atoms with E-state index in [4.69, 9.17) is 30.5 Å². The predicted octanol–water partition coefficient (Wildman–Crippen LogP) is 2.06. The Balaban J connectivity index is 2.37. The molecule has 10 heteroatoms. The number of aliphatic hydroxyl groups is 2. The maximum Gasteiger partial charge on any atom is 0.309 e. The first-order valence-electron chi connectivity index (χ1n) is 10.7. The Bertz CT molecular complexity index is 750. The molecule has 5 atom stereocenters. The van der Waals surface area contributed by atoms with Gasteiger partial charge in [-0.05, 0) is 11.8 Å². The highest BCUT2D eigenvalue weighted by Gasteiger charge is 2.69. The van der Waals surface area contributed by atoms with Crippen LogP contribution < -0.4 is 0 Å². The van der Waals surface area contributed by atoms with Gasteiger partial charge in [0, 0.05) is 31.8 Å². The van der Waals surface area contributed by atoms with Crippen molar-refractivity contribution in [2.45, 2.75) is 77.5 Å². The van der Waals surface area contributed by atoms with Gasteiger partial charge in [-0.2, -0.15) is 0 Å². The maximum absolute atomic E-state index is 12.3. The molecule has 1 aliphatic heterocycles. The van der Waals surface area contributed by atoms with E-state index >= 15 is 0 Å². The zero-order valence-corrected chi connectivity index (χ0v) is 19.9. The first-order chi connectivity index (χ1) is 14.8. The van der Waals surface area contributed by atoms with Gasteiger partial charge in [-0.1, -0.05) is 27.7 Å². The van der Waals surface area contributed by atoms with E-state index in [0.717, 1.165) is 6.26 Å². The smallest absolute Gasteiger partial charge is 0.309 e. The van der Waals surface area contributed by atoms with Crippen LogP contribution in [0.5, 0.6) is 0 Å². The lowest BCUT2D eigenvalue weighted by Gasteiger charge is -2.43. The van der Waals surface area contributed by atoms with Gasteiger partial charge in [0.2, 0.25) is 0 Å². The average molecular weight is 477 g/mol. The van der Waals surface area contributed by atoms with Crippen molar-refractivity contribution in [3.05, 3.63) is 11.8 Å². The average Bonchev–Trinajstić information content (AvgIpc) is 2.87. The van der Waals surface area contributed by atoms with Gasteiger partial charge in [0.25, 0.3) is 6.29 Å². The lowest BCUT2D eigenvalue weighted by Crippen LogP contribution is -2.58. The van der Waals surface area contributed by atoms with Crippen molar-refractivity contribution < 1.29 is 43.5 Å². The minimum absolute atomic E-state index is 0.0146. The summed E-state index contributed by atoms with van der Waals surface area (Å²) in [7, 11) is 0. The second-order valence-electron chi connectivity index (χ2n) is 9.32. The maximum atomic E-state index is 12.3. The van der Waals surface area contributed by atoms with Crippen LogP contribution in [0, 0.1) is 17.8 Å². The molecule has 0 aromatic rings. The monoisotopic (exact) mass is 476 g/mol. The Kier molecular flexibility index (Phi) is 8.58.